The van der Waals surface area contributed by atoms with Crippen molar-refractivity contribution in [3.63, 3.8) is 0 Å². The summed E-state index contributed by atoms with van der Waals surface area (Å²) in [6.07, 6.45) is -2.23. The van der Waals surface area contributed by atoms with E-state index in [-0.39, 0.29) is 49.5 Å². The van der Waals surface area contributed by atoms with Gasteiger partial charge >= 0.3 is 6.18 Å². The zero-order chi connectivity index (χ0) is 28.3. The van der Waals surface area contributed by atoms with Gasteiger partial charge in [-0.15, -0.1) is 0 Å². The number of rotatable bonds is 5. The lowest BCUT2D eigenvalue weighted by molar-refractivity contribution is -0.138. The van der Waals surface area contributed by atoms with Crippen molar-refractivity contribution in [2.45, 2.75) is 51.5 Å². The van der Waals surface area contributed by atoms with Crippen molar-refractivity contribution < 1.29 is 26.9 Å². The van der Waals surface area contributed by atoms with Gasteiger partial charge in [0.05, 0.1) is 23.3 Å². The molecule has 8 nitrogen and oxygen atoms in total. The lowest BCUT2D eigenvalue weighted by Gasteiger charge is -2.33. The molecular weight excluding hydrogens is 535 g/mol. The highest BCUT2D eigenvalue weighted by atomic mass is 31.2. The number of nitrogens with zero attached hydrogens (tertiary/aromatic N) is 4. The largest absolute Gasteiger partial charge is 0.416 e. The van der Waals surface area contributed by atoms with Crippen LogP contribution in [0, 0.1) is 13.8 Å². The Morgan fingerprint density at radius 3 is 2.44 bits per heavy atom. The van der Waals surface area contributed by atoms with Gasteiger partial charge in [-0.05, 0) is 62.9 Å². The van der Waals surface area contributed by atoms with Gasteiger partial charge in [-0.3, -0.25) is 9.78 Å². The number of benzene rings is 1. The molecule has 3 heterocycles. The maximum Gasteiger partial charge on any atom is 0.416 e. The van der Waals surface area contributed by atoms with Crippen LogP contribution in [-0.2, 0) is 15.5 Å². The Morgan fingerprint density at radius 1 is 1.15 bits per heavy atom. The van der Waals surface area contributed by atoms with E-state index in [2.05, 4.69) is 20.3 Å². The smallest absolute Gasteiger partial charge is 0.399 e. The Hall–Kier alpha value is -3.27. The number of aromatic nitrogens is 3. The molecule has 3 aromatic rings. The maximum absolute atomic E-state index is 14.2. The number of halogens is 4. The quantitative estimate of drug-likeness (QED) is 0.261. The van der Waals surface area contributed by atoms with Gasteiger partial charge in [0.25, 0.3) is 5.91 Å². The highest BCUT2D eigenvalue weighted by Crippen LogP contribution is 2.48. The predicted molar refractivity (Wildman–Crippen MR) is 141 cm³/mol. The number of aryl methyl sites for hydroxylation is 1. The number of carbonyl (C=O) groups excluding carboxylic acids is 1. The van der Waals surface area contributed by atoms with E-state index in [0.29, 0.717) is 33.5 Å². The Balaban J connectivity index is 1.45. The Morgan fingerprint density at radius 2 is 1.82 bits per heavy atom. The van der Waals surface area contributed by atoms with Gasteiger partial charge < -0.3 is 20.5 Å². The number of nitrogen functional groups attached to an aromatic ring is 1. The van der Waals surface area contributed by atoms with Crippen molar-refractivity contribution in [1.29, 1.82) is 0 Å². The van der Waals surface area contributed by atoms with Crippen LogP contribution in [0.2, 0.25) is 0 Å². The van der Waals surface area contributed by atoms with E-state index in [1.165, 1.54) is 24.1 Å². The molecule has 1 aliphatic heterocycles. The third kappa shape index (κ3) is 5.18. The van der Waals surface area contributed by atoms with Crippen LogP contribution >= 0.6 is 7.14 Å². The van der Waals surface area contributed by atoms with Crippen molar-refractivity contribution in [2.75, 3.05) is 36.5 Å². The minimum Gasteiger partial charge on any atom is -0.399 e. The highest BCUT2D eigenvalue weighted by Gasteiger charge is 2.53. The van der Waals surface area contributed by atoms with Crippen LogP contribution in [0.5, 0.6) is 0 Å². The number of nitrogens with one attached hydrogen (secondary N) is 1. The summed E-state index contributed by atoms with van der Waals surface area (Å²) in [5.74, 6) is 0.248. The molecule has 1 aliphatic carbocycles. The lowest BCUT2D eigenvalue weighted by Crippen LogP contribution is -2.45. The molecule has 1 amide bonds. The van der Waals surface area contributed by atoms with E-state index < -0.39 is 36.5 Å². The van der Waals surface area contributed by atoms with E-state index in [4.69, 9.17) is 5.73 Å². The van der Waals surface area contributed by atoms with Gasteiger partial charge in [-0.2, -0.15) is 13.2 Å². The molecule has 1 saturated carbocycles. The van der Waals surface area contributed by atoms with E-state index in [0.717, 1.165) is 6.07 Å². The fraction of sp³-hybridized carbons (Fsp3) is 0.462. The molecule has 1 atom stereocenters. The lowest BCUT2D eigenvalue weighted by atomic mass is 9.96. The summed E-state index contributed by atoms with van der Waals surface area (Å²) < 4.78 is 68.8. The van der Waals surface area contributed by atoms with Crippen molar-refractivity contribution in [3.05, 3.63) is 46.9 Å². The minimum atomic E-state index is -4.55. The number of anilines is 2. The third-order valence-corrected chi connectivity index (χ3v) is 10.4. The van der Waals surface area contributed by atoms with Gasteiger partial charge in [-0.25, -0.2) is 14.4 Å². The van der Waals surface area contributed by atoms with Crippen LogP contribution in [-0.4, -0.2) is 56.8 Å². The van der Waals surface area contributed by atoms with Gasteiger partial charge in [0.2, 0.25) is 0 Å². The van der Waals surface area contributed by atoms with Crippen molar-refractivity contribution >= 4 is 40.9 Å². The Bertz CT molecular complexity index is 1510. The fourth-order valence-corrected chi connectivity index (χ4v) is 7.53. The molecule has 0 unspecified atom stereocenters. The maximum atomic E-state index is 14.2. The molecule has 13 heteroatoms. The molecule has 2 fully saturated rings. The van der Waals surface area contributed by atoms with E-state index >= 15 is 0 Å². The van der Waals surface area contributed by atoms with Crippen molar-refractivity contribution in [2.24, 2.45) is 0 Å². The van der Waals surface area contributed by atoms with Crippen LogP contribution in [0.3, 0.4) is 0 Å². The third-order valence-electron chi connectivity index (χ3n) is 7.51. The SMILES string of the molecule is Cc1nc(N[C@H](C)c2cc(N)cc(C(F)(F)F)c2C)c2cc(P3(=O)CCN(C(=O)C4(F)CC4)CC3)ncc2n1. The van der Waals surface area contributed by atoms with Crippen LogP contribution in [0.25, 0.3) is 10.9 Å². The molecule has 2 aromatic heterocycles. The zero-order valence-electron chi connectivity index (χ0n) is 21.8. The first-order chi connectivity index (χ1) is 18.2. The van der Waals surface area contributed by atoms with Crippen molar-refractivity contribution in [1.82, 2.24) is 19.9 Å². The molecule has 1 saturated heterocycles. The molecule has 2 aliphatic rings. The first-order valence-electron chi connectivity index (χ1n) is 12.7. The number of nitrogens with two attached hydrogens (primary N) is 1. The second kappa shape index (κ2) is 9.43. The molecule has 208 valence electrons. The average Bonchev–Trinajstić information content (AvgIpc) is 3.62. The van der Waals surface area contributed by atoms with E-state index in [9.17, 15) is 26.9 Å². The molecule has 5 rings (SSSR count). The molecule has 1 aromatic carbocycles. The summed E-state index contributed by atoms with van der Waals surface area (Å²) in [7, 11) is -2.99. The summed E-state index contributed by atoms with van der Waals surface area (Å²) >= 11 is 0. The van der Waals surface area contributed by atoms with E-state index in [1.54, 1.807) is 19.9 Å². The molecule has 3 N–H and O–H groups in total. The number of fused-ring (bicyclic) bond motifs is 1. The van der Waals surface area contributed by atoms with Crippen LogP contribution in [0.4, 0.5) is 29.1 Å². The summed E-state index contributed by atoms with van der Waals surface area (Å²) in [5.41, 5.74) is 4.49. The number of amides is 1. The first-order valence-corrected chi connectivity index (χ1v) is 14.7. The fourth-order valence-electron chi connectivity index (χ4n) is 5.08. The monoisotopic (exact) mass is 564 g/mol. The van der Waals surface area contributed by atoms with Gasteiger partial charge in [0.1, 0.15) is 24.2 Å². The molecular formula is C26H29F4N6O2P. The molecule has 0 bridgehead atoms. The highest BCUT2D eigenvalue weighted by molar-refractivity contribution is 7.71. The van der Waals surface area contributed by atoms with Crippen LogP contribution in [0.1, 0.15) is 48.3 Å². The first kappa shape index (κ1) is 27.3. The number of carbonyl (C=O) groups is 1. The van der Waals surface area contributed by atoms with Crippen molar-refractivity contribution in [3.8, 4) is 0 Å². The molecule has 0 radical (unpaired) electrons. The number of pyridine rings is 1. The van der Waals surface area contributed by atoms with E-state index in [1.807, 2.05) is 0 Å². The summed E-state index contributed by atoms with van der Waals surface area (Å²) in [6, 6.07) is 3.46. The van der Waals surface area contributed by atoms with Gasteiger partial charge in [0.15, 0.2) is 5.67 Å². The summed E-state index contributed by atoms with van der Waals surface area (Å²) in [5, 5.41) is 3.71. The van der Waals surface area contributed by atoms with Gasteiger partial charge in [-0.1, -0.05) is 0 Å². The number of hydrogen-bond acceptors (Lipinski definition) is 7. The number of hydrogen-bond donors (Lipinski definition) is 2. The number of alkyl halides is 4. The van der Waals surface area contributed by atoms with Gasteiger partial charge in [0, 0.05) is 36.5 Å². The second-order valence-electron chi connectivity index (χ2n) is 10.4. The Kier molecular flexibility index (Phi) is 6.60. The average molecular weight is 565 g/mol. The van der Waals surface area contributed by atoms with Crippen LogP contribution < -0.4 is 16.5 Å². The molecule has 0 spiro atoms. The normalized spacial score (nSPS) is 19.1. The standard InChI is InChI=1S/C26H29F4N6O2P/c1-14-18(10-17(31)11-20(14)26(28,29)30)15(2)33-23-19-12-22(32-13-21(19)34-16(3)35-23)39(38)8-6-36(7-9-39)24(37)25(27)4-5-25/h10-13,15H,4-9,31H2,1-3H3,(H,33,34,35)/t15-/m1/s1. The topological polar surface area (TPSA) is 114 Å². The predicted octanol–water partition coefficient (Wildman–Crippen LogP) is 4.75. The second-order valence-corrected chi connectivity index (χ2v) is 13.6. The molecule has 39 heavy (non-hydrogen) atoms. The minimum absolute atomic E-state index is 0.00456. The van der Waals surface area contributed by atoms with Crippen LogP contribution in [0.15, 0.2) is 24.4 Å². The summed E-state index contributed by atoms with van der Waals surface area (Å²) in [4.78, 5) is 27.1. The summed E-state index contributed by atoms with van der Waals surface area (Å²) in [6.45, 7) is 5.16. The Labute approximate surface area is 222 Å². The zero-order valence-corrected chi connectivity index (χ0v) is 22.7.